The van der Waals surface area contributed by atoms with Crippen LogP contribution in [0, 0.1) is 0 Å². The highest BCUT2D eigenvalue weighted by molar-refractivity contribution is 7.10. The number of thiophene rings is 1. The molecule has 1 rings (SSSR count). The van der Waals surface area contributed by atoms with Gasteiger partial charge >= 0.3 is 0 Å². The highest BCUT2D eigenvalue weighted by atomic mass is 32.1. The normalized spacial score (nSPS) is 14.3. The van der Waals surface area contributed by atoms with Gasteiger partial charge in [-0.25, -0.2) is 0 Å². The highest BCUT2D eigenvalue weighted by Gasteiger charge is 2.18. The molecule has 0 aromatic carbocycles. The summed E-state index contributed by atoms with van der Waals surface area (Å²) in [5, 5.41) is 8.32. The van der Waals surface area contributed by atoms with Gasteiger partial charge in [0, 0.05) is 17.5 Å². The maximum atomic E-state index is 11.7. The van der Waals surface area contributed by atoms with Crippen LogP contribution in [0.15, 0.2) is 17.5 Å². The van der Waals surface area contributed by atoms with Gasteiger partial charge in [0.25, 0.3) is 0 Å². The zero-order valence-corrected chi connectivity index (χ0v) is 11.6. The van der Waals surface area contributed by atoms with E-state index in [2.05, 4.69) is 35.1 Å². The summed E-state index contributed by atoms with van der Waals surface area (Å²) in [5.41, 5.74) is 0. The molecule has 96 valence electrons. The van der Waals surface area contributed by atoms with Gasteiger partial charge in [0.15, 0.2) is 0 Å². The van der Waals surface area contributed by atoms with Gasteiger partial charge in [-0.15, -0.1) is 11.3 Å². The quantitative estimate of drug-likeness (QED) is 0.785. The molecule has 4 heteroatoms. The standard InChI is InChI=1S/C13H22N2OS/c1-4-7-11(12-8-6-9-17-12)15-10(3)13(16)14-5-2/h6,8-11,15H,4-5,7H2,1-3H3,(H,14,16). The topological polar surface area (TPSA) is 41.1 Å². The van der Waals surface area contributed by atoms with Gasteiger partial charge in [0.05, 0.1) is 6.04 Å². The number of amides is 1. The van der Waals surface area contributed by atoms with Crippen molar-refractivity contribution in [3.63, 3.8) is 0 Å². The molecular formula is C13H22N2OS. The fourth-order valence-electron chi connectivity index (χ4n) is 1.79. The SMILES string of the molecule is CCCC(NC(C)C(=O)NCC)c1cccs1. The second kappa shape index (κ2) is 7.45. The Balaban J connectivity index is 2.58. The smallest absolute Gasteiger partial charge is 0.236 e. The number of likely N-dealkylation sites (N-methyl/N-ethyl adjacent to an activating group) is 1. The minimum absolute atomic E-state index is 0.0742. The second-order valence-corrected chi connectivity index (χ2v) is 5.12. The van der Waals surface area contributed by atoms with E-state index in [0.29, 0.717) is 6.54 Å². The van der Waals surface area contributed by atoms with Gasteiger partial charge < -0.3 is 5.32 Å². The Kier molecular flexibility index (Phi) is 6.22. The number of carbonyl (C=O) groups excluding carboxylic acids is 1. The minimum Gasteiger partial charge on any atom is -0.355 e. The van der Waals surface area contributed by atoms with Crippen LogP contribution in [-0.4, -0.2) is 18.5 Å². The summed E-state index contributed by atoms with van der Waals surface area (Å²) in [4.78, 5) is 13.0. The van der Waals surface area contributed by atoms with E-state index in [1.165, 1.54) is 4.88 Å². The molecule has 1 aromatic heterocycles. The lowest BCUT2D eigenvalue weighted by Crippen LogP contribution is -2.43. The fraction of sp³-hybridized carbons (Fsp3) is 0.615. The van der Waals surface area contributed by atoms with E-state index in [4.69, 9.17) is 0 Å². The number of nitrogens with one attached hydrogen (secondary N) is 2. The van der Waals surface area contributed by atoms with Gasteiger partial charge in [-0.3, -0.25) is 10.1 Å². The molecule has 2 atom stereocenters. The first-order valence-electron chi connectivity index (χ1n) is 6.26. The molecule has 0 saturated carbocycles. The van der Waals surface area contributed by atoms with Crippen LogP contribution in [0.2, 0.25) is 0 Å². The van der Waals surface area contributed by atoms with Crippen molar-refractivity contribution in [2.45, 2.75) is 45.7 Å². The van der Waals surface area contributed by atoms with E-state index < -0.39 is 0 Å². The van der Waals surface area contributed by atoms with Crippen LogP contribution in [0.3, 0.4) is 0 Å². The molecule has 17 heavy (non-hydrogen) atoms. The molecule has 1 aromatic rings. The van der Waals surface area contributed by atoms with Crippen molar-refractivity contribution in [3.05, 3.63) is 22.4 Å². The highest BCUT2D eigenvalue weighted by Crippen LogP contribution is 2.23. The van der Waals surface area contributed by atoms with Crippen molar-refractivity contribution in [2.75, 3.05) is 6.54 Å². The molecule has 0 aliphatic heterocycles. The molecule has 0 aliphatic carbocycles. The molecule has 0 fully saturated rings. The predicted molar refractivity (Wildman–Crippen MR) is 73.2 cm³/mol. The number of carbonyl (C=O) groups is 1. The van der Waals surface area contributed by atoms with E-state index >= 15 is 0 Å². The van der Waals surface area contributed by atoms with Crippen molar-refractivity contribution in [3.8, 4) is 0 Å². The monoisotopic (exact) mass is 254 g/mol. The van der Waals surface area contributed by atoms with Gasteiger partial charge in [-0.2, -0.15) is 0 Å². The lowest BCUT2D eigenvalue weighted by atomic mass is 10.1. The first kappa shape index (κ1) is 14.2. The van der Waals surface area contributed by atoms with Crippen LogP contribution in [0.5, 0.6) is 0 Å². The van der Waals surface area contributed by atoms with Gasteiger partial charge in [-0.1, -0.05) is 19.4 Å². The van der Waals surface area contributed by atoms with E-state index in [-0.39, 0.29) is 18.0 Å². The Morgan fingerprint density at radius 2 is 2.24 bits per heavy atom. The van der Waals surface area contributed by atoms with Crippen LogP contribution in [0.25, 0.3) is 0 Å². The lowest BCUT2D eigenvalue weighted by Gasteiger charge is -2.21. The summed E-state index contributed by atoms with van der Waals surface area (Å²) in [6, 6.07) is 4.33. The van der Waals surface area contributed by atoms with E-state index in [9.17, 15) is 4.79 Å². The van der Waals surface area contributed by atoms with Crippen LogP contribution in [0.1, 0.15) is 44.5 Å². The first-order chi connectivity index (χ1) is 8.19. The van der Waals surface area contributed by atoms with E-state index in [0.717, 1.165) is 12.8 Å². The van der Waals surface area contributed by atoms with Crippen molar-refractivity contribution in [1.29, 1.82) is 0 Å². The number of rotatable bonds is 7. The van der Waals surface area contributed by atoms with Crippen LogP contribution < -0.4 is 10.6 Å². The summed E-state index contributed by atoms with van der Waals surface area (Å²) in [6.07, 6.45) is 2.17. The molecule has 1 heterocycles. The first-order valence-corrected chi connectivity index (χ1v) is 7.14. The molecule has 0 radical (unpaired) electrons. The summed E-state index contributed by atoms with van der Waals surface area (Å²) in [7, 11) is 0. The third-order valence-corrected chi connectivity index (χ3v) is 3.65. The third-order valence-electron chi connectivity index (χ3n) is 2.66. The largest absolute Gasteiger partial charge is 0.355 e. The minimum atomic E-state index is -0.145. The molecule has 3 nitrogen and oxygen atoms in total. The third kappa shape index (κ3) is 4.48. The average molecular weight is 254 g/mol. The summed E-state index contributed by atoms with van der Waals surface area (Å²) >= 11 is 1.74. The van der Waals surface area contributed by atoms with Crippen LogP contribution in [-0.2, 0) is 4.79 Å². The average Bonchev–Trinajstić information content (AvgIpc) is 2.82. The van der Waals surface area contributed by atoms with E-state index in [1.807, 2.05) is 13.8 Å². The van der Waals surface area contributed by atoms with Crippen molar-refractivity contribution in [1.82, 2.24) is 10.6 Å². The number of hydrogen-bond donors (Lipinski definition) is 2. The lowest BCUT2D eigenvalue weighted by molar-refractivity contribution is -0.122. The van der Waals surface area contributed by atoms with Crippen molar-refractivity contribution >= 4 is 17.2 Å². The summed E-state index contributed by atoms with van der Waals surface area (Å²) < 4.78 is 0. The Hall–Kier alpha value is -0.870. The Morgan fingerprint density at radius 1 is 1.47 bits per heavy atom. The second-order valence-electron chi connectivity index (χ2n) is 4.14. The molecule has 1 amide bonds. The molecule has 0 bridgehead atoms. The van der Waals surface area contributed by atoms with E-state index in [1.54, 1.807) is 11.3 Å². The molecule has 0 spiro atoms. The molecule has 2 N–H and O–H groups in total. The van der Waals surface area contributed by atoms with Crippen molar-refractivity contribution in [2.24, 2.45) is 0 Å². The van der Waals surface area contributed by atoms with Gasteiger partial charge in [0.1, 0.15) is 0 Å². The zero-order valence-electron chi connectivity index (χ0n) is 10.8. The zero-order chi connectivity index (χ0) is 12.7. The molecule has 0 saturated heterocycles. The summed E-state index contributed by atoms with van der Waals surface area (Å²) in [5.74, 6) is 0.0742. The molecular weight excluding hydrogens is 232 g/mol. The molecule has 2 unspecified atom stereocenters. The van der Waals surface area contributed by atoms with Gasteiger partial charge in [0.2, 0.25) is 5.91 Å². The Labute approximate surface area is 108 Å². The maximum absolute atomic E-state index is 11.7. The van der Waals surface area contributed by atoms with Crippen LogP contribution >= 0.6 is 11.3 Å². The van der Waals surface area contributed by atoms with Crippen molar-refractivity contribution < 1.29 is 4.79 Å². The predicted octanol–water partition coefficient (Wildman–Crippen LogP) is 2.70. The summed E-state index contributed by atoms with van der Waals surface area (Å²) in [6.45, 7) is 6.70. The maximum Gasteiger partial charge on any atom is 0.236 e. The van der Waals surface area contributed by atoms with Crippen LogP contribution in [0.4, 0.5) is 0 Å². The fourth-order valence-corrected chi connectivity index (χ4v) is 2.61. The molecule has 0 aliphatic rings. The number of hydrogen-bond acceptors (Lipinski definition) is 3. The Bertz CT molecular complexity index is 324. The Morgan fingerprint density at radius 3 is 2.76 bits per heavy atom. The van der Waals surface area contributed by atoms with Gasteiger partial charge in [-0.05, 0) is 31.7 Å².